The molecule has 428 valence electrons. The second-order valence-corrected chi connectivity index (χ2v) is 22.2. The van der Waals surface area contributed by atoms with Gasteiger partial charge in [-0.05, 0) is 70.6 Å². The molecular formula is C59H109O13P. The van der Waals surface area contributed by atoms with Crippen LogP contribution in [0.4, 0.5) is 0 Å². The largest absolute Gasteiger partial charge is 0.472 e. The fraction of sp³-hybridized carbons (Fsp3) is 0.864. The minimum atomic E-state index is -5.14. The first kappa shape index (κ1) is 69.1. The van der Waals surface area contributed by atoms with E-state index in [0.29, 0.717) is 19.3 Å². The maximum absolute atomic E-state index is 12.9. The average molecular weight is 1060 g/mol. The minimum absolute atomic E-state index is 0.0894. The Labute approximate surface area is 444 Å². The highest BCUT2D eigenvalue weighted by molar-refractivity contribution is 7.47. The number of hydrogen-bond acceptors (Lipinski definition) is 12. The molecule has 0 bridgehead atoms. The van der Waals surface area contributed by atoms with Crippen LogP contribution < -0.4 is 0 Å². The van der Waals surface area contributed by atoms with E-state index in [1.54, 1.807) is 0 Å². The number of carbonyl (C=O) groups excluding carboxylic acids is 2. The molecule has 1 fully saturated rings. The maximum atomic E-state index is 12.9. The molecule has 14 heteroatoms. The van der Waals surface area contributed by atoms with Gasteiger partial charge < -0.3 is 39.9 Å². The number of aliphatic hydroxyl groups excluding tert-OH is 5. The van der Waals surface area contributed by atoms with Gasteiger partial charge in [0.15, 0.2) is 6.10 Å². The number of allylic oxidation sites excluding steroid dienone is 6. The van der Waals surface area contributed by atoms with Crippen LogP contribution in [0.15, 0.2) is 36.5 Å². The summed E-state index contributed by atoms with van der Waals surface area (Å²) in [5.41, 5.74) is 0. The number of carbonyl (C=O) groups is 2. The Kier molecular flexibility index (Phi) is 45.8. The van der Waals surface area contributed by atoms with Crippen molar-refractivity contribution in [1.29, 1.82) is 0 Å². The van der Waals surface area contributed by atoms with Crippen molar-refractivity contribution in [3.8, 4) is 0 Å². The molecule has 0 saturated heterocycles. The standard InChI is InChI=1S/C59H109O13P/c1-3-5-7-9-11-13-15-17-19-21-23-25-26-28-29-31-33-35-37-39-41-43-45-47-52(60)69-49-51(50-70-73(67,68)72-59-57(65)55(63)54(62)56(64)58(59)66)71-53(61)48-46-44-42-40-38-36-34-32-30-27-24-22-20-18-16-14-12-10-8-6-4-2/h18,20,31,33,39,41,51,54-59,62-66H,3-17,19,21-30,32,34-38,40,42-50H2,1-2H3,(H,67,68)/b20-18+,33-31+,41-39+/t51-,54?,55-,56?,57?,58?,59?/m0/s1. The van der Waals surface area contributed by atoms with Crippen LogP contribution in [-0.2, 0) is 32.7 Å². The normalized spacial score (nSPS) is 20.6. The average Bonchev–Trinajstić information content (AvgIpc) is 3.37. The molecule has 1 aliphatic rings. The lowest BCUT2D eigenvalue weighted by Crippen LogP contribution is -2.64. The van der Waals surface area contributed by atoms with Crippen LogP contribution in [0.1, 0.15) is 271 Å². The summed E-state index contributed by atoms with van der Waals surface area (Å²) in [6, 6.07) is 0. The molecule has 1 rings (SSSR count). The molecule has 0 aliphatic heterocycles. The zero-order valence-corrected chi connectivity index (χ0v) is 47.1. The molecule has 1 saturated carbocycles. The Bertz CT molecular complexity index is 1410. The van der Waals surface area contributed by atoms with Crippen molar-refractivity contribution in [2.45, 2.75) is 313 Å². The SMILES string of the molecule is CCCCCCCC/C=C/CCCCCCCCCCCCCC(=O)O[C@@H](COC(=O)CCC/C=C/CC/C=C/CCCCCCCCCCCCCCCC)COP(=O)(O)OC1C(O)C(O)C(O)[C@H](O)C1O. The summed E-state index contributed by atoms with van der Waals surface area (Å²) in [4.78, 5) is 36.0. The predicted molar refractivity (Wildman–Crippen MR) is 295 cm³/mol. The molecule has 0 aromatic heterocycles. The molecule has 1 aliphatic carbocycles. The van der Waals surface area contributed by atoms with E-state index in [1.807, 2.05) is 6.08 Å². The highest BCUT2D eigenvalue weighted by Gasteiger charge is 2.51. The van der Waals surface area contributed by atoms with Gasteiger partial charge in [-0.2, -0.15) is 0 Å². The summed E-state index contributed by atoms with van der Waals surface area (Å²) in [5, 5.41) is 50.4. The Morgan fingerprint density at radius 3 is 1.12 bits per heavy atom. The first-order chi connectivity index (χ1) is 35.4. The Balaban J connectivity index is 2.34. The summed E-state index contributed by atoms with van der Waals surface area (Å²) < 4.78 is 33.7. The number of phosphoric ester groups is 1. The second-order valence-electron chi connectivity index (χ2n) is 20.8. The van der Waals surface area contributed by atoms with Crippen molar-refractivity contribution >= 4 is 19.8 Å². The van der Waals surface area contributed by atoms with Crippen LogP contribution in [0.2, 0.25) is 0 Å². The number of hydrogen-bond donors (Lipinski definition) is 6. The minimum Gasteiger partial charge on any atom is -0.462 e. The smallest absolute Gasteiger partial charge is 0.462 e. The van der Waals surface area contributed by atoms with Crippen molar-refractivity contribution in [3.05, 3.63) is 36.5 Å². The summed E-state index contributed by atoms with van der Waals surface area (Å²) in [5.74, 6) is -1.14. The number of aliphatic hydroxyl groups is 5. The third-order valence-electron chi connectivity index (χ3n) is 13.9. The van der Waals surface area contributed by atoms with Gasteiger partial charge in [0.05, 0.1) is 6.61 Å². The maximum Gasteiger partial charge on any atom is 0.472 e. The number of ether oxygens (including phenoxy) is 2. The Hall–Kier alpha value is -1.93. The lowest BCUT2D eigenvalue weighted by molar-refractivity contribution is -0.220. The van der Waals surface area contributed by atoms with Crippen LogP contribution in [0.3, 0.4) is 0 Å². The number of esters is 2. The summed E-state index contributed by atoms with van der Waals surface area (Å²) >= 11 is 0. The molecule has 0 radical (unpaired) electrons. The molecule has 0 aromatic rings. The molecule has 0 spiro atoms. The lowest BCUT2D eigenvalue weighted by Gasteiger charge is -2.41. The highest BCUT2D eigenvalue weighted by Crippen LogP contribution is 2.47. The third-order valence-corrected chi connectivity index (χ3v) is 14.9. The van der Waals surface area contributed by atoms with E-state index in [-0.39, 0.29) is 12.8 Å². The van der Waals surface area contributed by atoms with Crippen LogP contribution >= 0.6 is 7.82 Å². The van der Waals surface area contributed by atoms with Gasteiger partial charge in [0, 0.05) is 12.8 Å². The fourth-order valence-corrected chi connectivity index (χ4v) is 10.2. The zero-order valence-electron chi connectivity index (χ0n) is 46.2. The van der Waals surface area contributed by atoms with Gasteiger partial charge in [-0.1, -0.05) is 224 Å². The highest BCUT2D eigenvalue weighted by atomic mass is 31.2. The van der Waals surface area contributed by atoms with Gasteiger partial charge in [0.2, 0.25) is 0 Å². The van der Waals surface area contributed by atoms with E-state index in [1.165, 1.54) is 180 Å². The van der Waals surface area contributed by atoms with Gasteiger partial charge in [-0.3, -0.25) is 18.6 Å². The fourth-order valence-electron chi connectivity index (χ4n) is 9.19. The molecule has 8 atom stereocenters. The van der Waals surface area contributed by atoms with Gasteiger partial charge >= 0.3 is 19.8 Å². The molecule has 6 N–H and O–H groups in total. The first-order valence-electron chi connectivity index (χ1n) is 29.8. The molecule has 6 unspecified atom stereocenters. The van der Waals surface area contributed by atoms with Crippen molar-refractivity contribution < 1.29 is 63.1 Å². The van der Waals surface area contributed by atoms with Gasteiger partial charge in [0.1, 0.15) is 43.2 Å². The van der Waals surface area contributed by atoms with Crippen molar-refractivity contribution in [1.82, 2.24) is 0 Å². The van der Waals surface area contributed by atoms with Crippen molar-refractivity contribution in [2.24, 2.45) is 0 Å². The number of rotatable bonds is 51. The molecule has 73 heavy (non-hydrogen) atoms. The van der Waals surface area contributed by atoms with E-state index in [0.717, 1.165) is 44.9 Å². The molecule has 0 aromatic carbocycles. The number of unbranched alkanes of at least 4 members (excludes halogenated alkanes) is 33. The summed E-state index contributed by atoms with van der Waals surface area (Å²) in [6.07, 6.45) is 46.3. The van der Waals surface area contributed by atoms with Crippen LogP contribution in [0.5, 0.6) is 0 Å². The quantitative estimate of drug-likeness (QED) is 0.0145. The lowest BCUT2D eigenvalue weighted by atomic mass is 9.85. The van der Waals surface area contributed by atoms with Crippen LogP contribution in [0, 0.1) is 0 Å². The second kappa shape index (κ2) is 48.4. The van der Waals surface area contributed by atoms with E-state index in [9.17, 15) is 44.6 Å². The van der Waals surface area contributed by atoms with E-state index < -0.39 is 75.7 Å². The van der Waals surface area contributed by atoms with E-state index in [2.05, 4.69) is 44.2 Å². The molecule has 0 amide bonds. The first-order valence-corrected chi connectivity index (χ1v) is 31.3. The molecule has 13 nitrogen and oxygen atoms in total. The Morgan fingerprint density at radius 2 is 0.726 bits per heavy atom. The van der Waals surface area contributed by atoms with Crippen molar-refractivity contribution in [3.63, 3.8) is 0 Å². The molecule has 0 heterocycles. The topological polar surface area (TPSA) is 210 Å². The zero-order chi connectivity index (χ0) is 53.5. The third kappa shape index (κ3) is 40.0. The van der Waals surface area contributed by atoms with Crippen molar-refractivity contribution in [2.75, 3.05) is 13.2 Å². The van der Waals surface area contributed by atoms with Gasteiger partial charge in [-0.15, -0.1) is 0 Å². The van der Waals surface area contributed by atoms with Crippen LogP contribution in [0.25, 0.3) is 0 Å². The molecular weight excluding hydrogens is 948 g/mol. The van der Waals surface area contributed by atoms with Crippen LogP contribution in [-0.4, -0.2) is 98.3 Å². The summed E-state index contributed by atoms with van der Waals surface area (Å²) in [6.45, 7) is 3.32. The number of phosphoric acid groups is 1. The Morgan fingerprint density at radius 1 is 0.411 bits per heavy atom. The summed E-state index contributed by atoms with van der Waals surface area (Å²) in [7, 11) is -5.14. The predicted octanol–water partition coefficient (Wildman–Crippen LogP) is 14.1. The van der Waals surface area contributed by atoms with Gasteiger partial charge in [0.25, 0.3) is 0 Å². The monoisotopic (exact) mass is 1060 g/mol. The van der Waals surface area contributed by atoms with E-state index >= 15 is 0 Å². The van der Waals surface area contributed by atoms with E-state index in [4.69, 9.17) is 18.5 Å². The van der Waals surface area contributed by atoms with Gasteiger partial charge in [-0.25, -0.2) is 4.57 Å².